The molecule has 0 aromatic heterocycles. The Morgan fingerprint density at radius 3 is 2.81 bits per heavy atom. The minimum Gasteiger partial charge on any atom is -0.344 e. The lowest BCUT2D eigenvalue weighted by Crippen LogP contribution is -2.45. The van der Waals surface area contributed by atoms with Crippen molar-refractivity contribution in [3.63, 3.8) is 0 Å². The van der Waals surface area contributed by atoms with Gasteiger partial charge in [-0.15, -0.1) is 0 Å². The fourth-order valence-corrected chi connectivity index (χ4v) is 1.61. The van der Waals surface area contributed by atoms with Crippen molar-refractivity contribution in [2.75, 3.05) is 20.1 Å². The molecule has 2 N–H and O–H groups in total. The van der Waals surface area contributed by atoms with E-state index in [1.807, 2.05) is 6.92 Å². The summed E-state index contributed by atoms with van der Waals surface area (Å²) in [7, 11) is 1.76. The Balaban J connectivity index is 2.27. The second-order valence-corrected chi connectivity index (χ2v) is 4.36. The topological polar surface area (TPSA) is 61.4 Å². The number of carbonyl (C=O) groups is 2. The largest absolute Gasteiger partial charge is 0.344 e. The number of carbonyl (C=O) groups excluding carboxylic acids is 2. The first kappa shape index (κ1) is 13.0. The zero-order chi connectivity index (χ0) is 12.1. The number of hydrogen-bond acceptors (Lipinski definition) is 3. The van der Waals surface area contributed by atoms with Crippen molar-refractivity contribution < 1.29 is 9.59 Å². The van der Waals surface area contributed by atoms with Crippen LogP contribution in [-0.4, -0.2) is 48.9 Å². The van der Waals surface area contributed by atoms with Gasteiger partial charge in [-0.1, -0.05) is 6.92 Å². The normalized spacial score (nSPS) is 22.3. The van der Waals surface area contributed by atoms with Crippen LogP contribution in [0.2, 0.25) is 0 Å². The summed E-state index contributed by atoms with van der Waals surface area (Å²) in [5.41, 5.74) is 0. The predicted molar refractivity (Wildman–Crippen MR) is 61.9 cm³/mol. The minimum absolute atomic E-state index is 0.0110. The van der Waals surface area contributed by atoms with Crippen molar-refractivity contribution in [1.82, 2.24) is 15.5 Å². The smallest absolute Gasteiger partial charge is 0.244 e. The number of hydrogen-bond donors (Lipinski definition) is 2. The molecule has 1 saturated heterocycles. The van der Waals surface area contributed by atoms with Gasteiger partial charge in [0.25, 0.3) is 0 Å². The van der Waals surface area contributed by atoms with E-state index < -0.39 is 0 Å². The van der Waals surface area contributed by atoms with Crippen LogP contribution in [0.25, 0.3) is 0 Å². The van der Waals surface area contributed by atoms with E-state index in [-0.39, 0.29) is 24.4 Å². The first-order valence-corrected chi connectivity index (χ1v) is 5.82. The zero-order valence-corrected chi connectivity index (χ0v) is 10.2. The highest BCUT2D eigenvalue weighted by Gasteiger charge is 2.29. The van der Waals surface area contributed by atoms with Crippen molar-refractivity contribution in [3.05, 3.63) is 0 Å². The van der Waals surface area contributed by atoms with Crippen LogP contribution in [0.15, 0.2) is 0 Å². The van der Waals surface area contributed by atoms with E-state index >= 15 is 0 Å². The van der Waals surface area contributed by atoms with E-state index in [1.165, 1.54) is 0 Å². The first-order chi connectivity index (χ1) is 7.54. The summed E-state index contributed by atoms with van der Waals surface area (Å²) in [6.07, 6.45) is 1.70. The maximum absolute atomic E-state index is 11.5. The molecule has 1 aliphatic heterocycles. The van der Waals surface area contributed by atoms with Crippen LogP contribution in [0.3, 0.4) is 0 Å². The van der Waals surface area contributed by atoms with Gasteiger partial charge in [0.15, 0.2) is 0 Å². The van der Waals surface area contributed by atoms with Crippen molar-refractivity contribution in [3.8, 4) is 0 Å². The van der Waals surface area contributed by atoms with E-state index in [0.29, 0.717) is 12.5 Å². The quantitative estimate of drug-likeness (QED) is 0.679. The van der Waals surface area contributed by atoms with Crippen LogP contribution < -0.4 is 10.6 Å². The SMILES string of the molecule is CCC(C)NCC(=O)NC1CCN(C)C1=O. The molecule has 16 heavy (non-hydrogen) atoms. The third-order valence-corrected chi connectivity index (χ3v) is 2.99. The molecule has 1 aliphatic rings. The zero-order valence-electron chi connectivity index (χ0n) is 10.2. The molecule has 0 radical (unpaired) electrons. The molecule has 0 aliphatic carbocycles. The molecule has 1 heterocycles. The Morgan fingerprint density at radius 1 is 1.62 bits per heavy atom. The van der Waals surface area contributed by atoms with Gasteiger partial charge in [0.2, 0.25) is 11.8 Å². The van der Waals surface area contributed by atoms with E-state index in [9.17, 15) is 9.59 Å². The van der Waals surface area contributed by atoms with Crippen molar-refractivity contribution in [2.24, 2.45) is 0 Å². The van der Waals surface area contributed by atoms with E-state index in [2.05, 4.69) is 17.6 Å². The van der Waals surface area contributed by atoms with Crippen LogP contribution >= 0.6 is 0 Å². The predicted octanol–water partition coefficient (Wildman–Crippen LogP) is -0.279. The summed E-state index contributed by atoms with van der Waals surface area (Å²) in [6.45, 7) is 5.10. The second-order valence-electron chi connectivity index (χ2n) is 4.36. The third-order valence-electron chi connectivity index (χ3n) is 2.99. The van der Waals surface area contributed by atoms with Gasteiger partial charge in [-0.2, -0.15) is 0 Å². The minimum atomic E-state index is -0.323. The summed E-state index contributed by atoms with van der Waals surface area (Å²) in [4.78, 5) is 24.7. The maximum Gasteiger partial charge on any atom is 0.244 e. The molecule has 1 fully saturated rings. The fourth-order valence-electron chi connectivity index (χ4n) is 1.61. The van der Waals surface area contributed by atoms with Crippen LogP contribution in [-0.2, 0) is 9.59 Å². The lowest BCUT2D eigenvalue weighted by Gasteiger charge is -2.14. The van der Waals surface area contributed by atoms with Crippen molar-refractivity contribution in [1.29, 1.82) is 0 Å². The molecule has 5 nitrogen and oxygen atoms in total. The van der Waals surface area contributed by atoms with Gasteiger partial charge in [0, 0.05) is 19.6 Å². The third kappa shape index (κ3) is 3.48. The monoisotopic (exact) mass is 227 g/mol. The highest BCUT2D eigenvalue weighted by Crippen LogP contribution is 2.07. The molecule has 1 rings (SSSR count). The lowest BCUT2D eigenvalue weighted by molar-refractivity contribution is -0.131. The molecule has 2 unspecified atom stereocenters. The summed E-state index contributed by atoms with van der Waals surface area (Å²) >= 11 is 0. The van der Waals surface area contributed by atoms with Crippen molar-refractivity contribution >= 4 is 11.8 Å². The van der Waals surface area contributed by atoms with Crippen LogP contribution in [0.1, 0.15) is 26.7 Å². The Bertz CT molecular complexity index is 268. The highest BCUT2D eigenvalue weighted by molar-refractivity contribution is 5.89. The van der Waals surface area contributed by atoms with Crippen LogP contribution in [0, 0.1) is 0 Å². The fraction of sp³-hybridized carbons (Fsp3) is 0.818. The Hall–Kier alpha value is -1.10. The average molecular weight is 227 g/mol. The Kier molecular flexibility index (Phi) is 4.73. The summed E-state index contributed by atoms with van der Waals surface area (Å²) < 4.78 is 0. The second kappa shape index (κ2) is 5.84. The number of likely N-dealkylation sites (tertiary alicyclic amines) is 1. The summed E-state index contributed by atoms with van der Waals surface area (Å²) in [6, 6.07) is 0.00364. The molecule has 0 spiro atoms. The number of rotatable bonds is 5. The van der Waals surface area contributed by atoms with Crippen LogP contribution in [0.4, 0.5) is 0 Å². The number of nitrogens with zero attached hydrogens (tertiary/aromatic N) is 1. The lowest BCUT2D eigenvalue weighted by atomic mass is 10.2. The molecule has 92 valence electrons. The Morgan fingerprint density at radius 2 is 2.31 bits per heavy atom. The molecule has 0 saturated carbocycles. The van der Waals surface area contributed by atoms with Gasteiger partial charge >= 0.3 is 0 Å². The molecular formula is C11H21N3O2. The molecule has 0 aromatic rings. The first-order valence-electron chi connectivity index (χ1n) is 5.82. The highest BCUT2D eigenvalue weighted by atomic mass is 16.2. The Labute approximate surface area is 96.6 Å². The van der Waals surface area contributed by atoms with Gasteiger partial charge in [0.1, 0.15) is 6.04 Å². The number of nitrogens with one attached hydrogen (secondary N) is 2. The number of likely N-dealkylation sites (N-methyl/N-ethyl adjacent to an activating group) is 1. The maximum atomic E-state index is 11.5. The van der Waals surface area contributed by atoms with E-state index in [0.717, 1.165) is 13.0 Å². The molecule has 5 heteroatoms. The average Bonchev–Trinajstić information content (AvgIpc) is 2.57. The van der Waals surface area contributed by atoms with Crippen LogP contribution in [0.5, 0.6) is 0 Å². The summed E-state index contributed by atoms with van der Waals surface area (Å²) in [5, 5.41) is 5.84. The van der Waals surface area contributed by atoms with Crippen molar-refractivity contribution in [2.45, 2.75) is 38.8 Å². The summed E-state index contributed by atoms with van der Waals surface area (Å²) in [5.74, 6) is -0.0918. The molecule has 2 amide bonds. The number of amides is 2. The van der Waals surface area contributed by atoms with Gasteiger partial charge < -0.3 is 15.5 Å². The molecular weight excluding hydrogens is 206 g/mol. The molecule has 2 atom stereocenters. The van der Waals surface area contributed by atoms with Gasteiger partial charge in [0.05, 0.1) is 6.54 Å². The standard InChI is InChI=1S/C11H21N3O2/c1-4-8(2)12-7-10(15)13-9-5-6-14(3)11(9)16/h8-9,12H,4-7H2,1-3H3,(H,13,15). The molecule has 0 bridgehead atoms. The van der Waals surface area contributed by atoms with Gasteiger partial charge in [-0.25, -0.2) is 0 Å². The van der Waals surface area contributed by atoms with Gasteiger partial charge in [-0.05, 0) is 19.8 Å². The molecule has 0 aromatic carbocycles. The van der Waals surface area contributed by atoms with E-state index in [4.69, 9.17) is 0 Å². The van der Waals surface area contributed by atoms with E-state index in [1.54, 1.807) is 11.9 Å². The van der Waals surface area contributed by atoms with Gasteiger partial charge in [-0.3, -0.25) is 9.59 Å².